The normalized spacial score (nSPS) is 12.7. The number of likely N-dealkylation sites (N-methyl/N-ethyl adjacent to an activating group) is 1. The summed E-state index contributed by atoms with van der Waals surface area (Å²) >= 11 is 0. The van der Waals surface area contributed by atoms with Crippen molar-refractivity contribution in [1.82, 2.24) is 14.9 Å². The van der Waals surface area contributed by atoms with E-state index >= 15 is 0 Å². The van der Waals surface area contributed by atoms with Crippen LogP contribution in [0.2, 0.25) is 0 Å². The van der Waals surface area contributed by atoms with Crippen LogP contribution in [-0.4, -0.2) is 47.2 Å². The second kappa shape index (κ2) is 8.71. The maximum absolute atomic E-state index is 5.80. The lowest BCUT2D eigenvalue weighted by atomic mass is 10.3. The van der Waals surface area contributed by atoms with E-state index < -0.39 is 0 Å². The Balaban J connectivity index is 2.64. The van der Waals surface area contributed by atoms with E-state index in [0.29, 0.717) is 30.9 Å². The first-order valence-corrected chi connectivity index (χ1v) is 7.29. The van der Waals surface area contributed by atoms with Crippen molar-refractivity contribution in [2.24, 2.45) is 0 Å². The number of rotatable bonds is 9. The Bertz CT molecular complexity index is 395. The lowest BCUT2D eigenvalue weighted by molar-refractivity contribution is 0.128. The summed E-state index contributed by atoms with van der Waals surface area (Å²) in [4.78, 5) is 11.0. The molecule has 0 bridgehead atoms. The van der Waals surface area contributed by atoms with Gasteiger partial charge < -0.3 is 20.7 Å². The summed E-state index contributed by atoms with van der Waals surface area (Å²) in [6.07, 6.45) is 0. The van der Waals surface area contributed by atoms with E-state index in [2.05, 4.69) is 41.0 Å². The average Bonchev–Trinajstić information content (AvgIpc) is 2.41. The second-order valence-electron chi connectivity index (χ2n) is 4.76. The van der Waals surface area contributed by atoms with Crippen LogP contribution in [0.1, 0.15) is 33.5 Å². The molecule has 0 aliphatic heterocycles. The highest BCUT2D eigenvalue weighted by Crippen LogP contribution is 2.11. The molecule has 0 aliphatic carbocycles. The van der Waals surface area contributed by atoms with Crippen LogP contribution in [-0.2, 0) is 11.3 Å². The van der Waals surface area contributed by atoms with Crippen LogP contribution >= 0.6 is 0 Å². The van der Waals surface area contributed by atoms with Crippen molar-refractivity contribution >= 4 is 11.6 Å². The van der Waals surface area contributed by atoms with Gasteiger partial charge in [0.15, 0.2) is 5.82 Å². The Labute approximate surface area is 121 Å². The number of nitrogens with one attached hydrogen (secondary N) is 1. The number of nitrogens with zero attached hydrogens (tertiary/aromatic N) is 3. The fourth-order valence-electron chi connectivity index (χ4n) is 2.02. The quantitative estimate of drug-likeness (QED) is 0.718. The van der Waals surface area contributed by atoms with Crippen molar-refractivity contribution in [2.45, 2.75) is 40.3 Å². The highest BCUT2D eigenvalue weighted by atomic mass is 16.5. The Hall–Kier alpha value is -1.40. The summed E-state index contributed by atoms with van der Waals surface area (Å²) in [5.41, 5.74) is 5.80. The summed E-state index contributed by atoms with van der Waals surface area (Å²) in [5.74, 6) is 1.84. The number of hydrogen-bond donors (Lipinski definition) is 2. The van der Waals surface area contributed by atoms with Crippen LogP contribution in [0.3, 0.4) is 0 Å². The minimum Gasteiger partial charge on any atom is -0.384 e. The predicted molar refractivity (Wildman–Crippen MR) is 82.6 cm³/mol. The second-order valence-corrected chi connectivity index (χ2v) is 4.76. The van der Waals surface area contributed by atoms with E-state index in [1.54, 1.807) is 6.07 Å². The molecular formula is C14H27N5O. The van der Waals surface area contributed by atoms with Gasteiger partial charge in [-0.05, 0) is 26.9 Å². The summed E-state index contributed by atoms with van der Waals surface area (Å²) in [6, 6.07) is 2.05. The molecule has 1 rings (SSSR count). The molecule has 0 spiro atoms. The third kappa shape index (κ3) is 5.71. The fourth-order valence-corrected chi connectivity index (χ4v) is 2.02. The highest BCUT2D eigenvalue weighted by molar-refractivity contribution is 5.45. The van der Waals surface area contributed by atoms with Gasteiger partial charge in [-0.25, -0.2) is 9.97 Å². The van der Waals surface area contributed by atoms with Crippen LogP contribution in [0.5, 0.6) is 0 Å². The van der Waals surface area contributed by atoms with E-state index in [1.807, 2.05) is 6.92 Å². The molecule has 0 saturated heterocycles. The van der Waals surface area contributed by atoms with Crippen LogP contribution < -0.4 is 11.1 Å². The zero-order valence-corrected chi connectivity index (χ0v) is 13.0. The monoisotopic (exact) mass is 281 g/mol. The number of anilines is 2. The Morgan fingerprint density at radius 2 is 2.00 bits per heavy atom. The predicted octanol–water partition coefficient (Wildman–Crippen LogP) is 1.74. The molecule has 0 radical (unpaired) electrons. The molecule has 6 heteroatoms. The van der Waals surface area contributed by atoms with E-state index in [-0.39, 0.29) is 0 Å². The van der Waals surface area contributed by atoms with Crippen molar-refractivity contribution in [1.29, 1.82) is 0 Å². The van der Waals surface area contributed by atoms with E-state index in [0.717, 1.165) is 25.5 Å². The first kappa shape index (κ1) is 16.7. The molecule has 0 fully saturated rings. The van der Waals surface area contributed by atoms with E-state index in [9.17, 15) is 0 Å². The Morgan fingerprint density at radius 1 is 1.30 bits per heavy atom. The minimum absolute atomic E-state index is 0.296. The lowest BCUT2D eigenvalue weighted by Crippen LogP contribution is -2.35. The van der Waals surface area contributed by atoms with Crippen LogP contribution in [0, 0.1) is 0 Å². The van der Waals surface area contributed by atoms with Gasteiger partial charge in [-0.2, -0.15) is 0 Å². The van der Waals surface area contributed by atoms with Crippen LogP contribution in [0.4, 0.5) is 11.6 Å². The van der Waals surface area contributed by atoms with Gasteiger partial charge in [0.2, 0.25) is 0 Å². The van der Waals surface area contributed by atoms with Gasteiger partial charge in [0.05, 0.1) is 0 Å². The van der Waals surface area contributed by atoms with Crippen molar-refractivity contribution in [3.8, 4) is 0 Å². The molecule has 0 amide bonds. The number of ether oxygens (including phenoxy) is 1. The highest BCUT2D eigenvalue weighted by Gasteiger charge is 2.09. The van der Waals surface area contributed by atoms with Crippen LogP contribution in [0.15, 0.2) is 6.07 Å². The summed E-state index contributed by atoms with van der Waals surface area (Å²) in [5, 5.41) is 3.37. The van der Waals surface area contributed by atoms with Gasteiger partial charge in [-0.3, -0.25) is 0 Å². The van der Waals surface area contributed by atoms with E-state index in [1.165, 1.54) is 0 Å². The maximum atomic E-state index is 5.80. The zero-order valence-electron chi connectivity index (χ0n) is 13.0. The molecule has 0 saturated carbocycles. The molecule has 1 aromatic rings. The molecule has 1 aromatic heterocycles. The summed E-state index contributed by atoms with van der Waals surface area (Å²) in [7, 11) is 0. The van der Waals surface area contributed by atoms with Crippen molar-refractivity contribution in [3.05, 3.63) is 11.9 Å². The minimum atomic E-state index is 0.296. The largest absolute Gasteiger partial charge is 0.384 e. The third-order valence-corrected chi connectivity index (χ3v) is 3.05. The van der Waals surface area contributed by atoms with Gasteiger partial charge in [0.25, 0.3) is 0 Å². The maximum Gasteiger partial charge on any atom is 0.158 e. The molecule has 1 unspecified atom stereocenters. The average molecular weight is 281 g/mol. The van der Waals surface area contributed by atoms with Crippen LogP contribution in [0.25, 0.3) is 0 Å². The standard InChI is InChI=1S/C14H27N5O/c1-5-19(6-2)9-11(4)16-13-8-12(15)17-14(18-13)10-20-7-3/h8,11H,5-7,9-10H2,1-4H3,(H3,15,16,17,18). The number of hydrogen-bond acceptors (Lipinski definition) is 6. The third-order valence-electron chi connectivity index (χ3n) is 3.05. The number of nitrogens with two attached hydrogens (primary N) is 1. The van der Waals surface area contributed by atoms with Gasteiger partial charge in [-0.1, -0.05) is 13.8 Å². The summed E-state index contributed by atoms with van der Waals surface area (Å²) < 4.78 is 5.32. The van der Waals surface area contributed by atoms with Crippen molar-refractivity contribution < 1.29 is 4.74 Å². The van der Waals surface area contributed by atoms with Gasteiger partial charge >= 0.3 is 0 Å². The molecule has 114 valence electrons. The topological polar surface area (TPSA) is 76.3 Å². The molecule has 1 atom stereocenters. The molecule has 6 nitrogen and oxygen atoms in total. The SMILES string of the molecule is CCOCc1nc(N)cc(NC(C)CN(CC)CC)n1. The summed E-state index contributed by atoms with van der Waals surface area (Å²) in [6.45, 7) is 12.5. The number of aromatic nitrogens is 2. The number of nitrogen functional groups attached to an aromatic ring is 1. The lowest BCUT2D eigenvalue weighted by Gasteiger charge is -2.23. The Kier molecular flexibility index (Phi) is 7.25. The zero-order chi connectivity index (χ0) is 15.0. The fraction of sp³-hybridized carbons (Fsp3) is 0.714. The molecular weight excluding hydrogens is 254 g/mol. The van der Waals surface area contributed by atoms with Crippen molar-refractivity contribution in [2.75, 3.05) is 37.3 Å². The van der Waals surface area contributed by atoms with Crippen molar-refractivity contribution in [3.63, 3.8) is 0 Å². The molecule has 20 heavy (non-hydrogen) atoms. The van der Waals surface area contributed by atoms with Gasteiger partial charge in [0, 0.05) is 25.3 Å². The van der Waals surface area contributed by atoms with Gasteiger partial charge in [-0.15, -0.1) is 0 Å². The molecule has 1 heterocycles. The Morgan fingerprint density at radius 3 is 2.60 bits per heavy atom. The first-order valence-electron chi connectivity index (χ1n) is 7.29. The molecule has 0 aliphatic rings. The van der Waals surface area contributed by atoms with Gasteiger partial charge in [0.1, 0.15) is 18.2 Å². The van der Waals surface area contributed by atoms with E-state index in [4.69, 9.17) is 10.5 Å². The molecule has 0 aromatic carbocycles. The first-order chi connectivity index (χ1) is 9.58. The smallest absolute Gasteiger partial charge is 0.158 e. The molecule has 3 N–H and O–H groups in total.